The highest BCUT2D eigenvalue weighted by atomic mass is 16.6. The summed E-state index contributed by atoms with van der Waals surface area (Å²) in [5, 5.41) is 0. The lowest BCUT2D eigenvalue weighted by Crippen LogP contribution is -2.15. The summed E-state index contributed by atoms with van der Waals surface area (Å²) in [6.45, 7) is 7.14. The van der Waals surface area contributed by atoms with Crippen LogP contribution in [0.3, 0.4) is 0 Å². The molecule has 25 heavy (non-hydrogen) atoms. The standard InChI is InChI=1S/C18H34O7/c1-3-5-6-8-18(20)25-16-14-23-12-10-21-9-11-22-13-15-24-17(19)7-4-2/h3-16H2,1-2H3. The fraction of sp³-hybridized carbons (Fsp3) is 0.889. The molecular weight excluding hydrogens is 328 g/mol. The van der Waals surface area contributed by atoms with Crippen molar-refractivity contribution in [1.29, 1.82) is 0 Å². The Labute approximate surface area is 151 Å². The Balaban J connectivity index is 3.14. The zero-order valence-corrected chi connectivity index (χ0v) is 15.8. The Morgan fingerprint density at radius 1 is 0.560 bits per heavy atom. The first-order valence-electron chi connectivity index (χ1n) is 9.25. The summed E-state index contributed by atoms with van der Waals surface area (Å²) < 4.78 is 25.9. The normalized spacial score (nSPS) is 10.6. The van der Waals surface area contributed by atoms with Crippen molar-refractivity contribution in [2.24, 2.45) is 0 Å². The maximum absolute atomic E-state index is 11.3. The van der Waals surface area contributed by atoms with Gasteiger partial charge in [0.15, 0.2) is 0 Å². The third kappa shape index (κ3) is 19.0. The summed E-state index contributed by atoms with van der Waals surface area (Å²) in [7, 11) is 0. The van der Waals surface area contributed by atoms with Crippen molar-refractivity contribution in [3.05, 3.63) is 0 Å². The van der Waals surface area contributed by atoms with Crippen LogP contribution in [0.1, 0.15) is 52.4 Å². The van der Waals surface area contributed by atoms with E-state index in [1.54, 1.807) is 0 Å². The lowest BCUT2D eigenvalue weighted by atomic mass is 10.2. The molecule has 0 aromatic heterocycles. The van der Waals surface area contributed by atoms with Gasteiger partial charge >= 0.3 is 11.9 Å². The highest BCUT2D eigenvalue weighted by molar-refractivity contribution is 5.69. The molecule has 0 amide bonds. The van der Waals surface area contributed by atoms with Gasteiger partial charge in [-0.1, -0.05) is 26.7 Å². The van der Waals surface area contributed by atoms with Crippen LogP contribution >= 0.6 is 0 Å². The van der Waals surface area contributed by atoms with Gasteiger partial charge in [0, 0.05) is 12.8 Å². The Morgan fingerprint density at radius 3 is 1.44 bits per heavy atom. The number of hydrogen-bond acceptors (Lipinski definition) is 7. The van der Waals surface area contributed by atoms with Gasteiger partial charge < -0.3 is 23.7 Å². The average molecular weight is 362 g/mol. The third-order valence-electron chi connectivity index (χ3n) is 3.16. The second-order valence-electron chi connectivity index (χ2n) is 5.49. The fourth-order valence-corrected chi connectivity index (χ4v) is 1.84. The second-order valence-corrected chi connectivity index (χ2v) is 5.49. The van der Waals surface area contributed by atoms with Crippen LogP contribution in [0.4, 0.5) is 0 Å². The van der Waals surface area contributed by atoms with Gasteiger partial charge in [-0.05, 0) is 12.8 Å². The van der Waals surface area contributed by atoms with Crippen molar-refractivity contribution in [1.82, 2.24) is 0 Å². The Morgan fingerprint density at radius 2 is 1.00 bits per heavy atom. The molecule has 0 saturated heterocycles. The van der Waals surface area contributed by atoms with Crippen molar-refractivity contribution in [3.63, 3.8) is 0 Å². The van der Waals surface area contributed by atoms with Gasteiger partial charge in [-0.2, -0.15) is 0 Å². The SMILES string of the molecule is CCCCCC(=O)OCCOCCOCCOCCOC(=O)CCC. The summed E-state index contributed by atoms with van der Waals surface area (Å²) in [6.07, 6.45) is 4.74. The molecule has 0 saturated carbocycles. The molecule has 0 unspecified atom stereocenters. The van der Waals surface area contributed by atoms with Crippen molar-refractivity contribution in [2.45, 2.75) is 52.4 Å². The minimum atomic E-state index is -0.189. The summed E-state index contributed by atoms with van der Waals surface area (Å²) in [5.41, 5.74) is 0. The van der Waals surface area contributed by atoms with E-state index in [9.17, 15) is 9.59 Å². The molecule has 0 aliphatic heterocycles. The highest BCUT2D eigenvalue weighted by Gasteiger charge is 2.02. The zero-order chi connectivity index (χ0) is 18.6. The molecule has 0 atom stereocenters. The average Bonchev–Trinajstić information content (AvgIpc) is 2.59. The van der Waals surface area contributed by atoms with Crippen molar-refractivity contribution in [2.75, 3.05) is 52.9 Å². The van der Waals surface area contributed by atoms with E-state index in [-0.39, 0.29) is 25.2 Å². The topological polar surface area (TPSA) is 80.3 Å². The molecule has 0 heterocycles. The number of carbonyl (C=O) groups is 2. The van der Waals surface area contributed by atoms with Gasteiger partial charge in [0.05, 0.1) is 39.6 Å². The predicted molar refractivity (Wildman–Crippen MR) is 93.4 cm³/mol. The van der Waals surface area contributed by atoms with Crippen molar-refractivity contribution < 1.29 is 33.3 Å². The van der Waals surface area contributed by atoms with Crippen LogP contribution in [0.5, 0.6) is 0 Å². The van der Waals surface area contributed by atoms with E-state index in [1.165, 1.54) is 0 Å². The fourth-order valence-electron chi connectivity index (χ4n) is 1.84. The molecule has 7 nitrogen and oxygen atoms in total. The first-order valence-corrected chi connectivity index (χ1v) is 9.25. The van der Waals surface area contributed by atoms with Crippen LogP contribution in [-0.2, 0) is 33.3 Å². The Bertz CT molecular complexity index is 321. The number of carbonyl (C=O) groups excluding carboxylic acids is 2. The molecule has 0 spiro atoms. The number of hydrogen-bond donors (Lipinski definition) is 0. The third-order valence-corrected chi connectivity index (χ3v) is 3.16. The van der Waals surface area contributed by atoms with Crippen LogP contribution in [0.25, 0.3) is 0 Å². The molecule has 0 aromatic carbocycles. The quantitative estimate of drug-likeness (QED) is 0.274. The van der Waals surface area contributed by atoms with Gasteiger partial charge in [-0.25, -0.2) is 0 Å². The molecule has 0 aromatic rings. The maximum Gasteiger partial charge on any atom is 0.305 e. The van der Waals surface area contributed by atoms with Crippen molar-refractivity contribution >= 4 is 11.9 Å². The molecule has 0 N–H and O–H groups in total. The summed E-state index contributed by atoms with van der Waals surface area (Å²) >= 11 is 0. The molecule has 0 aliphatic carbocycles. The second kappa shape index (κ2) is 19.1. The van der Waals surface area contributed by atoms with Crippen LogP contribution in [0.2, 0.25) is 0 Å². The van der Waals surface area contributed by atoms with E-state index < -0.39 is 0 Å². The molecule has 0 aliphatic rings. The predicted octanol–water partition coefficient (Wildman–Crippen LogP) is 2.50. The largest absolute Gasteiger partial charge is 0.463 e. The summed E-state index contributed by atoms with van der Waals surface area (Å²) in [5.74, 6) is -0.350. The lowest BCUT2D eigenvalue weighted by Gasteiger charge is -2.08. The van der Waals surface area contributed by atoms with E-state index in [0.717, 1.165) is 25.7 Å². The van der Waals surface area contributed by atoms with E-state index >= 15 is 0 Å². The monoisotopic (exact) mass is 362 g/mol. The van der Waals surface area contributed by atoms with E-state index in [2.05, 4.69) is 6.92 Å². The van der Waals surface area contributed by atoms with Gasteiger partial charge in [-0.3, -0.25) is 9.59 Å². The van der Waals surface area contributed by atoms with Gasteiger partial charge in [0.1, 0.15) is 13.2 Å². The highest BCUT2D eigenvalue weighted by Crippen LogP contribution is 2.00. The van der Waals surface area contributed by atoms with Gasteiger partial charge in [0.2, 0.25) is 0 Å². The molecule has 0 fully saturated rings. The smallest absolute Gasteiger partial charge is 0.305 e. The Kier molecular flexibility index (Phi) is 18.2. The number of ether oxygens (including phenoxy) is 5. The van der Waals surface area contributed by atoms with E-state index in [4.69, 9.17) is 23.7 Å². The molecule has 148 valence electrons. The van der Waals surface area contributed by atoms with Crippen LogP contribution < -0.4 is 0 Å². The first kappa shape index (κ1) is 23.8. The van der Waals surface area contributed by atoms with Crippen LogP contribution in [-0.4, -0.2) is 64.8 Å². The summed E-state index contributed by atoms with van der Waals surface area (Å²) in [6, 6.07) is 0. The minimum absolute atomic E-state index is 0.161. The summed E-state index contributed by atoms with van der Waals surface area (Å²) in [4.78, 5) is 22.4. The number of esters is 2. The van der Waals surface area contributed by atoms with E-state index in [0.29, 0.717) is 52.5 Å². The van der Waals surface area contributed by atoms with E-state index in [1.807, 2.05) is 6.92 Å². The maximum atomic E-state index is 11.3. The van der Waals surface area contributed by atoms with Crippen LogP contribution in [0.15, 0.2) is 0 Å². The van der Waals surface area contributed by atoms with Crippen molar-refractivity contribution in [3.8, 4) is 0 Å². The first-order chi connectivity index (χ1) is 12.2. The molecule has 7 heteroatoms. The number of unbranched alkanes of at least 4 members (excludes halogenated alkanes) is 2. The van der Waals surface area contributed by atoms with Gasteiger partial charge in [0.25, 0.3) is 0 Å². The molecule has 0 radical (unpaired) electrons. The minimum Gasteiger partial charge on any atom is -0.463 e. The Hall–Kier alpha value is -1.18. The molecule has 0 bridgehead atoms. The number of rotatable bonds is 18. The van der Waals surface area contributed by atoms with Crippen LogP contribution in [0, 0.1) is 0 Å². The zero-order valence-electron chi connectivity index (χ0n) is 15.8. The molecular formula is C18H34O7. The van der Waals surface area contributed by atoms with Gasteiger partial charge in [-0.15, -0.1) is 0 Å². The lowest BCUT2D eigenvalue weighted by molar-refractivity contribution is -0.146. The molecule has 0 rings (SSSR count).